The first-order chi connectivity index (χ1) is 9.81. The van der Waals surface area contributed by atoms with Crippen LogP contribution in [0.1, 0.15) is 39.0 Å². The fraction of sp³-hybridized carbons (Fsp3) is 0.667. The van der Waals surface area contributed by atoms with Gasteiger partial charge < -0.3 is 15.0 Å². The van der Waals surface area contributed by atoms with Crippen molar-refractivity contribution in [2.24, 2.45) is 0 Å². The van der Waals surface area contributed by atoms with Crippen LogP contribution in [0.3, 0.4) is 0 Å². The first kappa shape index (κ1) is 18.3. The number of carbonyl (C=O) groups excluding carboxylic acids is 1. The summed E-state index contributed by atoms with van der Waals surface area (Å²) >= 11 is 7.46. The lowest BCUT2D eigenvalue weighted by molar-refractivity contribution is 0.0252. The average Bonchev–Trinajstić information content (AvgIpc) is 2.77. The Morgan fingerprint density at radius 1 is 1.38 bits per heavy atom. The van der Waals surface area contributed by atoms with Crippen LogP contribution in [0.25, 0.3) is 0 Å². The summed E-state index contributed by atoms with van der Waals surface area (Å²) in [5.74, 6) is 0. The Kier molecular flexibility index (Phi) is 7.49. The number of amides is 1. The fourth-order valence-electron chi connectivity index (χ4n) is 1.76. The molecule has 21 heavy (non-hydrogen) atoms. The molecule has 120 valence electrons. The van der Waals surface area contributed by atoms with Gasteiger partial charge in [0, 0.05) is 31.1 Å². The van der Waals surface area contributed by atoms with Gasteiger partial charge in [0.2, 0.25) is 0 Å². The van der Waals surface area contributed by atoms with E-state index in [9.17, 15) is 4.79 Å². The van der Waals surface area contributed by atoms with Gasteiger partial charge in [-0.2, -0.15) is 0 Å². The number of hydrogen-bond acceptors (Lipinski definition) is 4. The van der Waals surface area contributed by atoms with Crippen molar-refractivity contribution in [1.82, 2.24) is 10.2 Å². The molecular formula is C15H25ClN2O2S. The number of thiophene rings is 1. The van der Waals surface area contributed by atoms with Crippen molar-refractivity contribution in [3.63, 3.8) is 0 Å². The summed E-state index contributed by atoms with van der Waals surface area (Å²) in [7, 11) is 0. The molecule has 0 atom stereocenters. The molecule has 0 aliphatic carbocycles. The normalized spacial score (nSPS) is 11.5. The molecule has 6 heteroatoms. The van der Waals surface area contributed by atoms with E-state index < -0.39 is 5.60 Å². The van der Waals surface area contributed by atoms with Crippen molar-refractivity contribution in [2.45, 2.75) is 46.3 Å². The monoisotopic (exact) mass is 332 g/mol. The lowest BCUT2D eigenvalue weighted by Crippen LogP contribution is -2.40. The van der Waals surface area contributed by atoms with Gasteiger partial charge >= 0.3 is 6.09 Å². The maximum atomic E-state index is 12.1. The molecule has 0 fully saturated rings. The third kappa shape index (κ3) is 7.69. The lowest BCUT2D eigenvalue weighted by atomic mass is 10.2. The Hall–Kier alpha value is -0.780. The van der Waals surface area contributed by atoms with Gasteiger partial charge in [0.05, 0.1) is 4.34 Å². The predicted octanol–water partition coefficient (Wildman–Crippen LogP) is 4.14. The molecule has 1 heterocycles. The molecule has 0 aromatic carbocycles. The van der Waals surface area contributed by atoms with E-state index in [-0.39, 0.29) is 6.09 Å². The first-order valence-electron chi connectivity index (χ1n) is 7.24. The summed E-state index contributed by atoms with van der Waals surface area (Å²) in [4.78, 5) is 15.0. The van der Waals surface area contributed by atoms with Gasteiger partial charge in [0.15, 0.2) is 0 Å². The largest absolute Gasteiger partial charge is 0.444 e. The Morgan fingerprint density at radius 2 is 2.10 bits per heavy atom. The van der Waals surface area contributed by atoms with Gasteiger partial charge in [-0.05, 0) is 39.3 Å². The fourth-order valence-corrected chi connectivity index (χ4v) is 2.82. The smallest absolute Gasteiger partial charge is 0.410 e. The molecule has 0 saturated heterocycles. The Bertz CT molecular complexity index is 443. The second kappa shape index (κ2) is 8.61. The van der Waals surface area contributed by atoms with Crippen molar-refractivity contribution in [1.29, 1.82) is 0 Å². The first-order valence-corrected chi connectivity index (χ1v) is 8.44. The topological polar surface area (TPSA) is 41.6 Å². The second-order valence-corrected chi connectivity index (χ2v) is 7.65. The van der Waals surface area contributed by atoms with Crippen LogP contribution >= 0.6 is 22.9 Å². The molecule has 0 unspecified atom stereocenters. The zero-order chi connectivity index (χ0) is 15.9. The highest BCUT2D eigenvalue weighted by Crippen LogP contribution is 2.20. The number of rotatable bonds is 7. The summed E-state index contributed by atoms with van der Waals surface area (Å²) in [5.41, 5.74) is -0.454. The van der Waals surface area contributed by atoms with Crippen LogP contribution in [0.4, 0.5) is 4.79 Å². The van der Waals surface area contributed by atoms with Crippen LogP contribution in [0.15, 0.2) is 12.1 Å². The molecule has 1 aromatic rings. The number of ether oxygens (including phenoxy) is 1. The van der Waals surface area contributed by atoms with Crippen molar-refractivity contribution < 1.29 is 9.53 Å². The number of halogens is 1. The minimum absolute atomic E-state index is 0.245. The van der Waals surface area contributed by atoms with E-state index in [4.69, 9.17) is 16.3 Å². The number of carbonyl (C=O) groups is 1. The summed E-state index contributed by atoms with van der Waals surface area (Å²) in [6.07, 6.45) is 0.671. The van der Waals surface area contributed by atoms with Crippen molar-refractivity contribution in [3.05, 3.63) is 21.3 Å². The van der Waals surface area contributed by atoms with E-state index in [1.54, 1.807) is 16.2 Å². The maximum absolute atomic E-state index is 12.1. The van der Waals surface area contributed by atoms with E-state index in [0.717, 1.165) is 23.8 Å². The lowest BCUT2D eigenvalue weighted by Gasteiger charge is -2.27. The van der Waals surface area contributed by atoms with Crippen molar-refractivity contribution >= 4 is 29.0 Å². The van der Waals surface area contributed by atoms with Gasteiger partial charge in [-0.3, -0.25) is 0 Å². The number of nitrogens with one attached hydrogen (secondary N) is 1. The minimum atomic E-state index is -0.454. The molecule has 0 aliphatic rings. The summed E-state index contributed by atoms with van der Waals surface area (Å²) in [6.45, 7) is 10.6. The zero-order valence-corrected chi connectivity index (χ0v) is 14.8. The van der Waals surface area contributed by atoms with Gasteiger partial charge in [-0.1, -0.05) is 18.5 Å². The maximum Gasteiger partial charge on any atom is 0.410 e. The molecule has 0 radical (unpaired) electrons. The Balaban J connectivity index is 2.35. The third-order valence-corrected chi connectivity index (χ3v) is 3.86. The van der Waals surface area contributed by atoms with E-state index in [1.807, 2.05) is 32.9 Å². The van der Waals surface area contributed by atoms with Gasteiger partial charge in [-0.15, -0.1) is 11.3 Å². The SMILES string of the molecule is CCCN(CCNCc1ccc(Cl)s1)C(=O)OC(C)(C)C. The second-order valence-electron chi connectivity index (χ2n) is 5.85. The number of hydrogen-bond donors (Lipinski definition) is 1. The Morgan fingerprint density at radius 3 is 2.62 bits per heavy atom. The molecule has 1 rings (SSSR count). The zero-order valence-electron chi connectivity index (χ0n) is 13.2. The van der Waals surface area contributed by atoms with Crippen LogP contribution < -0.4 is 5.32 Å². The summed E-state index contributed by atoms with van der Waals surface area (Å²) in [6, 6.07) is 3.91. The Labute approximate surface area is 136 Å². The van der Waals surface area contributed by atoms with Crippen molar-refractivity contribution in [2.75, 3.05) is 19.6 Å². The van der Waals surface area contributed by atoms with Crippen molar-refractivity contribution in [3.8, 4) is 0 Å². The van der Waals surface area contributed by atoms with E-state index >= 15 is 0 Å². The van der Waals surface area contributed by atoms with E-state index in [0.29, 0.717) is 13.1 Å². The molecule has 0 aliphatic heterocycles. The molecule has 0 bridgehead atoms. The third-order valence-electron chi connectivity index (χ3n) is 2.63. The highest BCUT2D eigenvalue weighted by Gasteiger charge is 2.21. The highest BCUT2D eigenvalue weighted by atomic mass is 35.5. The molecule has 1 amide bonds. The van der Waals surface area contributed by atoms with E-state index in [1.165, 1.54) is 4.88 Å². The molecule has 1 aromatic heterocycles. The highest BCUT2D eigenvalue weighted by molar-refractivity contribution is 7.16. The molecular weight excluding hydrogens is 308 g/mol. The number of nitrogens with zero attached hydrogens (tertiary/aromatic N) is 1. The molecule has 0 saturated carbocycles. The van der Waals surface area contributed by atoms with Crippen LogP contribution in [0.2, 0.25) is 4.34 Å². The van der Waals surface area contributed by atoms with Gasteiger partial charge in [0.25, 0.3) is 0 Å². The van der Waals surface area contributed by atoms with Gasteiger partial charge in [-0.25, -0.2) is 4.79 Å². The molecule has 4 nitrogen and oxygen atoms in total. The summed E-state index contributed by atoms with van der Waals surface area (Å²) in [5, 5.41) is 3.32. The quantitative estimate of drug-likeness (QED) is 0.763. The van der Waals surface area contributed by atoms with Crippen LogP contribution in [0.5, 0.6) is 0 Å². The average molecular weight is 333 g/mol. The summed E-state index contributed by atoms with van der Waals surface area (Å²) < 4.78 is 6.21. The molecule has 1 N–H and O–H groups in total. The predicted molar refractivity (Wildman–Crippen MR) is 89.1 cm³/mol. The molecule has 0 spiro atoms. The van der Waals surface area contributed by atoms with E-state index in [2.05, 4.69) is 12.2 Å². The van der Waals surface area contributed by atoms with Gasteiger partial charge in [0.1, 0.15) is 5.60 Å². The minimum Gasteiger partial charge on any atom is -0.444 e. The standard InChI is InChI=1S/C15H25ClN2O2S/c1-5-9-18(14(19)20-15(2,3)4)10-8-17-11-12-6-7-13(16)21-12/h6-7,17H,5,8-11H2,1-4H3. The van der Waals surface area contributed by atoms with Crippen LogP contribution in [-0.4, -0.2) is 36.2 Å². The van der Waals surface area contributed by atoms with Crippen LogP contribution in [-0.2, 0) is 11.3 Å². The van der Waals surface area contributed by atoms with Crippen LogP contribution in [0, 0.1) is 0 Å².